The number of aliphatic hydroxyl groups excluding tert-OH is 5. The van der Waals surface area contributed by atoms with Crippen LogP contribution in [0.4, 0.5) is 0 Å². The average molecular weight is 613 g/mol. The second kappa shape index (κ2) is 22.5. The van der Waals surface area contributed by atoms with E-state index in [1.807, 2.05) is 0 Å². The molecule has 1 fully saturated rings. The van der Waals surface area contributed by atoms with Gasteiger partial charge in [-0.1, -0.05) is 90.4 Å². The van der Waals surface area contributed by atoms with Crippen LogP contribution >= 0.6 is 0 Å². The van der Waals surface area contributed by atoms with Gasteiger partial charge in [0, 0.05) is 12.0 Å². The van der Waals surface area contributed by atoms with Gasteiger partial charge in [0.2, 0.25) is 0 Å². The standard InChI is InChI=1S/C35H64O8/c1-3-4-5-6-7-8-9-10-11-14-19-31(39)33-22-23-34(43-33)32(40)21-16-20-30(38)29(37)18-15-12-13-17-28(36)25-27-24-26(2)42-35(27)41/h24,26,28-34,36-40H,3-23,25H2,1-2H3/t26?,28?,29-,30+,31+,32+,33+,34+/m1/s1. The number of hydrogen-bond donors (Lipinski definition) is 5. The Hall–Kier alpha value is -1.03. The molecule has 0 aliphatic carbocycles. The molecule has 5 N–H and O–H groups in total. The molecule has 0 aromatic rings. The van der Waals surface area contributed by atoms with Crippen LogP contribution in [0.15, 0.2) is 11.6 Å². The molecule has 252 valence electrons. The van der Waals surface area contributed by atoms with E-state index in [0.29, 0.717) is 44.1 Å². The molecule has 8 heteroatoms. The largest absolute Gasteiger partial charge is 0.455 e. The fraction of sp³-hybridized carbons (Fsp3) is 0.914. The first-order valence-electron chi connectivity index (χ1n) is 17.7. The second-order valence-electron chi connectivity index (χ2n) is 13.3. The maximum Gasteiger partial charge on any atom is 0.334 e. The first-order chi connectivity index (χ1) is 20.7. The van der Waals surface area contributed by atoms with Crippen molar-refractivity contribution < 1.29 is 39.8 Å². The molecule has 2 rings (SSSR count). The quantitative estimate of drug-likeness (QED) is 0.0590. The van der Waals surface area contributed by atoms with E-state index in [4.69, 9.17) is 9.47 Å². The van der Waals surface area contributed by atoms with Gasteiger partial charge in [0.05, 0.1) is 42.7 Å². The molecular weight excluding hydrogens is 548 g/mol. The Morgan fingerprint density at radius 2 is 1.14 bits per heavy atom. The Balaban J connectivity index is 1.46. The Morgan fingerprint density at radius 3 is 1.70 bits per heavy atom. The van der Waals surface area contributed by atoms with Crippen molar-refractivity contribution in [2.75, 3.05) is 0 Å². The van der Waals surface area contributed by atoms with E-state index in [1.165, 1.54) is 51.4 Å². The highest BCUT2D eigenvalue weighted by Gasteiger charge is 2.34. The topological polar surface area (TPSA) is 137 Å². The molecule has 8 nitrogen and oxygen atoms in total. The van der Waals surface area contributed by atoms with Gasteiger partial charge in [-0.05, 0) is 64.4 Å². The van der Waals surface area contributed by atoms with Gasteiger partial charge in [-0.2, -0.15) is 0 Å². The summed E-state index contributed by atoms with van der Waals surface area (Å²) in [7, 11) is 0. The van der Waals surface area contributed by atoms with E-state index in [0.717, 1.165) is 51.4 Å². The molecule has 1 saturated heterocycles. The zero-order valence-corrected chi connectivity index (χ0v) is 27.2. The molecule has 0 saturated carbocycles. The third-order valence-corrected chi connectivity index (χ3v) is 9.22. The van der Waals surface area contributed by atoms with E-state index in [-0.39, 0.29) is 24.3 Å². The van der Waals surface area contributed by atoms with Gasteiger partial charge in [-0.25, -0.2) is 4.79 Å². The van der Waals surface area contributed by atoms with Gasteiger partial charge in [-0.15, -0.1) is 0 Å². The van der Waals surface area contributed by atoms with Crippen LogP contribution in [0.25, 0.3) is 0 Å². The van der Waals surface area contributed by atoms with Crippen LogP contribution in [0.5, 0.6) is 0 Å². The van der Waals surface area contributed by atoms with E-state index in [9.17, 15) is 30.3 Å². The highest BCUT2D eigenvalue weighted by atomic mass is 16.5. The lowest BCUT2D eigenvalue weighted by Crippen LogP contribution is -2.31. The van der Waals surface area contributed by atoms with Crippen molar-refractivity contribution >= 4 is 5.97 Å². The van der Waals surface area contributed by atoms with Gasteiger partial charge in [0.15, 0.2) is 0 Å². The molecule has 2 unspecified atom stereocenters. The zero-order valence-electron chi connectivity index (χ0n) is 27.2. The Labute approximate surface area is 261 Å². The van der Waals surface area contributed by atoms with Crippen molar-refractivity contribution in [3.63, 3.8) is 0 Å². The fourth-order valence-electron chi connectivity index (χ4n) is 6.44. The number of rotatable bonds is 26. The number of cyclic esters (lactones) is 1. The summed E-state index contributed by atoms with van der Waals surface area (Å²) in [6, 6.07) is 0. The van der Waals surface area contributed by atoms with Crippen LogP contribution in [0.1, 0.15) is 155 Å². The number of ether oxygens (including phenoxy) is 2. The number of hydrogen-bond acceptors (Lipinski definition) is 8. The summed E-state index contributed by atoms with van der Waals surface area (Å²) >= 11 is 0. The Bertz CT molecular complexity index is 758. The average Bonchev–Trinajstić information content (AvgIpc) is 3.59. The van der Waals surface area contributed by atoms with Gasteiger partial charge < -0.3 is 35.0 Å². The van der Waals surface area contributed by atoms with Crippen molar-refractivity contribution in [2.45, 2.75) is 204 Å². The van der Waals surface area contributed by atoms with Crippen molar-refractivity contribution in [1.29, 1.82) is 0 Å². The molecule has 2 heterocycles. The summed E-state index contributed by atoms with van der Waals surface area (Å²) in [5, 5.41) is 52.1. The van der Waals surface area contributed by atoms with Gasteiger partial charge >= 0.3 is 5.97 Å². The summed E-state index contributed by atoms with van der Waals surface area (Å²) in [6.45, 7) is 4.04. The SMILES string of the molecule is CCCCCCCCCCCC[C@H](O)[C@@H]1CC[C@@H]([C@@H](O)CCC[C@H](O)[C@H](O)CCCCCC(O)CC2=CC(C)OC2=O)O1. The first kappa shape index (κ1) is 38.2. The van der Waals surface area contributed by atoms with Crippen molar-refractivity contribution in [3.8, 4) is 0 Å². The molecule has 0 spiro atoms. The van der Waals surface area contributed by atoms with Crippen LogP contribution in [0, 0.1) is 0 Å². The fourth-order valence-corrected chi connectivity index (χ4v) is 6.44. The molecule has 8 atom stereocenters. The van der Waals surface area contributed by atoms with Crippen LogP contribution in [0.3, 0.4) is 0 Å². The number of carbonyl (C=O) groups is 1. The van der Waals surface area contributed by atoms with Crippen molar-refractivity contribution in [1.82, 2.24) is 0 Å². The minimum Gasteiger partial charge on any atom is -0.455 e. The van der Waals surface area contributed by atoms with Crippen LogP contribution < -0.4 is 0 Å². The molecule has 0 aromatic carbocycles. The van der Waals surface area contributed by atoms with Crippen molar-refractivity contribution in [2.24, 2.45) is 0 Å². The van der Waals surface area contributed by atoms with Gasteiger partial charge in [0.1, 0.15) is 6.10 Å². The highest BCUT2D eigenvalue weighted by Crippen LogP contribution is 2.28. The summed E-state index contributed by atoms with van der Waals surface area (Å²) in [6.07, 6.45) is 17.9. The third kappa shape index (κ3) is 16.2. The van der Waals surface area contributed by atoms with Crippen LogP contribution in [-0.2, 0) is 14.3 Å². The smallest absolute Gasteiger partial charge is 0.334 e. The summed E-state index contributed by atoms with van der Waals surface area (Å²) in [4.78, 5) is 11.7. The van der Waals surface area contributed by atoms with E-state index in [2.05, 4.69) is 6.92 Å². The highest BCUT2D eigenvalue weighted by molar-refractivity contribution is 5.90. The normalized spacial score (nSPS) is 24.0. The minimum absolute atomic E-state index is 0.202. The second-order valence-corrected chi connectivity index (χ2v) is 13.3. The lowest BCUT2D eigenvalue weighted by Gasteiger charge is -2.23. The molecular formula is C35H64O8. The van der Waals surface area contributed by atoms with Crippen molar-refractivity contribution in [3.05, 3.63) is 11.6 Å². The number of unbranched alkanes of at least 4 members (excludes halogenated alkanes) is 11. The maximum absolute atomic E-state index is 11.7. The number of aliphatic hydroxyl groups is 5. The number of esters is 1. The molecule has 2 aliphatic rings. The van der Waals surface area contributed by atoms with Gasteiger partial charge in [-0.3, -0.25) is 0 Å². The molecule has 0 radical (unpaired) electrons. The lowest BCUT2D eigenvalue weighted by molar-refractivity contribution is -0.139. The lowest BCUT2D eigenvalue weighted by atomic mass is 9.97. The molecule has 43 heavy (non-hydrogen) atoms. The van der Waals surface area contributed by atoms with E-state index < -0.39 is 30.5 Å². The third-order valence-electron chi connectivity index (χ3n) is 9.22. The predicted molar refractivity (Wildman–Crippen MR) is 170 cm³/mol. The van der Waals surface area contributed by atoms with Gasteiger partial charge in [0.25, 0.3) is 0 Å². The summed E-state index contributed by atoms with van der Waals surface area (Å²) in [5.74, 6) is -0.343. The van der Waals surface area contributed by atoms with E-state index in [1.54, 1.807) is 13.0 Å². The zero-order chi connectivity index (χ0) is 31.5. The minimum atomic E-state index is -0.833. The molecule has 2 aliphatic heterocycles. The molecule has 0 aromatic heterocycles. The monoisotopic (exact) mass is 612 g/mol. The number of carbonyl (C=O) groups excluding carboxylic acids is 1. The molecule has 0 amide bonds. The maximum atomic E-state index is 11.7. The summed E-state index contributed by atoms with van der Waals surface area (Å²) in [5.41, 5.74) is 0.542. The predicted octanol–water partition coefficient (Wildman–Crippen LogP) is 6.03. The van der Waals surface area contributed by atoms with E-state index >= 15 is 0 Å². The van der Waals surface area contributed by atoms with Crippen LogP contribution in [-0.4, -0.2) is 80.3 Å². The molecule has 0 bridgehead atoms. The Kier molecular flexibility index (Phi) is 19.9. The first-order valence-corrected chi connectivity index (χ1v) is 17.7. The Morgan fingerprint density at radius 1 is 0.674 bits per heavy atom. The van der Waals surface area contributed by atoms with Crippen LogP contribution in [0.2, 0.25) is 0 Å². The summed E-state index contributed by atoms with van der Waals surface area (Å²) < 4.78 is 11.1.